The van der Waals surface area contributed by atoms with Crippen LogP contribution in [0.2, 0.25) is 0 Å². The second-order valence-electron chi connectivity index (χ2n) is 5.86. The Balaban J connectivity index is 1.97. The highest BCUT2D eigenvalue weighted by Crippen LogP contribution is 2.39. The summed E-state index contributed by atoms with van der Waals surface area (Å²) in [6.45, 7) is 5.34. The minimum atomic E-state index is -0.136. The van der Waals surface area contributed by atoms with E-state index in [1.165, 1.54) is 16.2 Å². The molecule has 0 fully saturated rings. The van der Waals surface area contributed by atoms with E-state index in [-0.39, 0.29) is 11.8 Å². The number of nitrogens with one attached hydrogen (secondary N) is 1. The van der Waals surface area contributed by atoms with Gasteiger partial charge in [0, 0.05) is 23.3 Å². The second-order valence-corrected chi connectivity index (χ2v) is 7.74. The highest BCUT2D eigenvalue weighted by molar-refractivity contribution is 7.17. The van der Waals surface area contributed by atoms with Crippen molar-refractivity contribution in [1.29, 1.82) is 0 Å². The lowest BCUT2D eigenvalue weighted by atomic mass is 9.95. The van der Waals surface area contributed by atoms with Crippen LogP contribution in [0.25, 0.3) is 0 Å². The molecule has 4 nitrogen and oxygen atoms in total. The summed E-state index contributed by atoms with van der Waals surface area (Å²) in [7, 11) is 0. The van der Waals surface area contributed by atoms with E-state index in [0.29, 0.717) is 18.7 Å². The fourth-order valence-electron chi connectivity index (χ4n) is 3.12. The summed E-state index contributed by atoms with van der Waals surface area (Å²) >= 11 is 3.07. The normalized spacial score (nSPS) is 13.4. The smallest absolute Gasteiger partial charge is 0.257 e. The van der Waals surface area contributed by atoms with Gasteiger partial charge in [-0.2, -0.15) is 11.3 Å². The first-order valence-electron chi connectivity index (χ1n) is 8.43. The number of rotatable bonds is 5. The third kappa shape index (κ3) is 3.26. The van der Waals surface area contributed by atoms with Crippen molar-refractivity contribution >= 4 is 39.5 Å². The van der Waals surface area contributed by atoms with Crippen LogP contribution in [0.5, 0.6) is 0 Å². The number of fused-ring (bicyclic) bond motifs is 1. The molecule has 2 heterocycles. The molecule has 0 saturated carbocycles. The van der Waals surface area contributed by atoms with Gasteiger partial charge in [0.05, 0.1) is 11.1 Å². The first-order valence-corrected chi connectivity index (χ1v) is 10.2. The molecule has 0 bridgehead atoms. The summed E-state index contributed by atoms with van der Waals surface area (Å²) in [5.41, 5.74) is 2.53. The summed E-state index contributed by atoms with van der Waals surface area (Å²) < 4.78 is 0. The van der Waals surface area contributed by atoms with Gasteiger partial charge in [-0.3, -0.25) is 9.59 Å². The van der Waals surface area contributed by atoms with Crippen molar-refractivity contribution in [3.63, 3.8) is 0 Å². The van der Waals surface area contributed by atoms with Crippen LogP contribution in [0.4, 0.5) is 5.00 Å². The quantitative estimate of drug-likeness (QED) is 0.856. The number of carbonyl (C=O) groups excluding carboxylic acids is 2. The monoisotopic (exact) mass is 362 g/mol. The zero-order chi connectivity index (χ0) is 17.1. The molecule has 2 aromatic heterocycles. The SMILES string of the molecule is CCN(CC)C(=O)c1c(NC(=O)c2ccsc2)sc2c1CCCC2. The first-order chi connectivity index (χ1) is 11.7. The van der Waals surface area contributed by atoms with Gasteiger partial charge in [-0.1, -0.05) is 0 Å². The Morgan fingerprint density at radius 1 is 1.21 bits per heavy atom. The molecule has 6 heteroatoms. The van der Waals surface area contributed by atoms with Crippen LogP contribution in [0.1, 0.15) is 57.8 Å². The van der Waals surface area contributed by atoms with E-state index >= 15 is 0 Å². The van der Waals surface area contributed by atoms with E-state index in [2.05, 4.69) is 5.32 Å². The highest BCUT2D eigenvalue weighted by atomic mass is 32.1. The maximum atomic E-state index is 13.0. The molecule has 0 saturated heterocycles. The molecule has 1 aliphatic carbocycles. The predicted molar refractivity (Wildman–Crippen MR) is 100 cm³/mol. The zero-order valence-electron chi connectivity index (χ0n) is 14.1. The maximum absolute atomic E-state index is 13.0. The van der Waals surface area contributed by atoms with Gasteiger partial charge in [0.2, 0.25) is 0 Å². The summed E-state index contributed by atoms with van der Waals surface area (Å²) in [4.78, 5) is 28.6. The van der Waals surface area contributed by atoms with E-state index in [4.69, 9.17) is 0 Å². The number of hydrogen-bond donors (Lipinski definition) is 1. The van der Waals surface area contributed by atoms with Crippen LogP contribution in [0.3, 0.4) is 0 Å². The highest BCUT2D eigenvalue weighted by Gasteiger charge is 2.28. The topological polar surface area (TPSA) is 49.4 Å². The second kappa shape index (κ2) is 7.49. The van der Waals surface area contributed by atoms with Crippen LogP contribution in [-0.2, 0) is 12.8 Å². The largest absolute Gasteiger partial charge is 0.339 e. The van der Waals surface area contributed by atoms with Crippen molar-refractivity contribution in [3.05, 3.63) is 38.4 Å². The third-order valence-electron chi connectivity index (χ3n) is 4.45. The number of thiophene rings is 2. The average molecular weight is 363 g/mol. The van der Waals surface area contributed by atoms with Crippen LogP contribution in [-0.4, -0.2) is 29.8 Å². The molecule has 0 aromatic carbocycles. The molecular weight excluding hydrogens is 340 g/mol. The van der Waals surface area contributed by atoms with E-state index in [0.717, 1.165) is 41.8 Å². The van der Waals surface area contributed by atoms with Crippen molar-refractivity contribution in [1.82, 2.24) is 4.90 Å². The standard InChI is InChI=1S/C18H22N2O2S2/c1-3-20(4-2)18(22)15-13-7-5-6-8-14(13)24-17(15)19-16(21)12-9-10-23-11-12/h9-11H,3-8H2,1-2H3,(H,19,21). The van der Waals surface area contributed by atoms with Crippen molar-refractivity contribution in [2.24, 2.45) is 0 Å². The fourth-order valence-corrected chi connectivity index (χ4v) is 5.03. The summed E-state index contributed by atoms with van der Waals surface area (Å²) in [5.74, 6) is -0.0940. The molecule has 0 radical (unpaired) electrons. The van der Waals surface area contributed by atoms with Gasteiger partial charge < -0.3 is 10.2 Å². The van der Waals surface area contributed by atoms with Crippen molar-refractivity contribution in [2.45, 2.75) is 39.5 Å². The van der Waals surface area contributed by atoms with E-state index in [9.17, 15) is 9.59 Å². The molecule has 24 heavy (non-hydrogen) atoms. The number of nitrogens with zero attached hydrogens (tertiary/aromatic N) is 1. The van der Waals surface area contributed by atoms with Gasteiger partial charge in [-0.25, -0.2) is 0 Å². The van der Waals surface area contributed by atoms with Crippen molar-refractivity contribution < 1.29 is 9.59 Å². The molecule has 1 N–H and O–H groups in total. The summed E-state index contributed by atoms with van der Waals surface area (Å²) in [6, 6.07) is 1.80. The Morgan fingerprint density at radius 2 is 1.96 bits per heavy atom. The molecule has 3 rings (SSSR count). The van der Waals surface area contributed by atoms with Crippen LogP contribution in [0, 0.1) is 0 Å². The number of aryl methyl sites for hydroxylation is 1. The lowest BCUT2D eigenvalue weighted by molar-refractivity contribution is 0.0773. The number of hydrogen-bond acceptors (Lipinski definition) is 4. The fraction of sp³-hybridized carbons (Fsp3) is 0.444. The Kier molecular flexibility index (Phi) is 5.36. The Morgan fingerprint density at radius 3 is 2.62 bits per heavy atom. The third-order valence-corrected chi connectivity index (χ3v) is 6.34. The number of amides is 2. The summed E-state index contributed by atoms with van der Waals surface area (Å²) in [6.07, 6.45) is 4.21. The predicted octanol–water partition coefficient (Wildman–Crippen LogP) is 4.42. The Labute approximate surface area is 150 Å². The maximum Gasteiger partial charge on any atom is 0.257 e. The van der Waals surface area contributed by atoms with E-state index in [1.54, 1.807) is 17.4 Å². The van der Waals surface area contributed by atoms with Crippen molar-refractivity contribution in [2.75, 3.05) is 18.4 Å². The van der Waals surface area contributed by atoms with E-state index in [1.807, 2.05) is 29.5 Å². The molecule has 2 amide bonds. The molecule has 0 atom stereocenters. The minimum Gasteiger partial charge on any atom is -0.339 e. The van der Waals surface area contributed by atoms with Gasteiger partial charge in [0.1, 0.15) is 5.00 Å². The van der Waals surface area contributed by atoms with Crippen LogP contribution >= 0.6 is 22.7 Å². The molecule has 0 unspecified atom stereocenters. The van der Waals surface area contributed by atoms with Gasteiger partial charge in [0.25, 0.3) is 11.8 Å². The van der Waals surface area contributed by atoms with Gasteiger partial charge >= 0.3 is 0 Å². The summed E-state index contributed by atoms with van der Waals surface area (Å²) in [5, 5.41) is 7.42. The van der Waals surface area contributed by atoms with Crippen molar-refractivity contribution in [3.8, 4) is 0 Å². The molecule has 0 aliphatic heterocycles. The zero-order valence-corrected chi connectivity index (χ0v) is 15.7. The molecule has 128 valence electrons. The molecule has 0 spiro atoms. The first kappa shape index (κ1) is 17.2. The molecule has 1 aliphatic rings. The Bertz CT molecular complexity index is 731. The number of carbonyl (C=O) groups is 2. The van der Waals surface area contributed by atoms with E-state index < -0.39 is 0 Å². The molecular formula is C18H22N2O2S2. The van der Waals surface area contributed by atoms with Gasteiger partial charge in [0.15, 0.2) is 0 Å². The van der Waals surface area contributed by atoms with Crippen LogP contribution in [0.15, 0.2) is 16.8 Å². The lowest BCUT2D eigenvalue weighted by Crippen LogP contribution is -2.31. The minimum absolute atomic E-state index is 0.0417. The lowest BCUT2D eigenvalue weighted by Gasteiger charge is -2.21. The molecule has 2 aromatic rings. The Hall–Kier alpha value is -1.66. The van der Waals surface area contributed by atoms with Gasteiger partial charge in [-0.15, -0.1) is 11.3 Å². The number of anilines is 1. The van der Waals surface area contributed by atoms with Gasteiger partial charge in [-0.05, 0) is 56.5 Å². The van der Waals surface area contributed by atoms with Crippen LogP contribution < -0.4 is 5.32 Å². The average Bonchev–Trinajstić information content (AvgIpc) is 3.23.